The lowest BCUT2D eigenvalue weighted by Gasteiger charge is -2.38. The third kappa shape index (κ3) is 12.2. The molecule has 0 saturated carbocycles. The van der Waals surface area contributed by atoms with E-state index in [2.05, 4.69) is 15.3 Å². The Kier molecular flexibility index (Phi) is 14.6. The zero-order valence-corrected chi connectivity index (χ0v) is 29.6. The maximum Gasteiger partial charge on any atom is 0.490 e. The first-order valence-electron chi connectivity index (χ1n) is 16.5. The average Bonchev–Trinajstić information content (AvgIpc) is 3.54. The van der Waals surface area contributed by atoms with Crippen LogP contribution >= 0.6 is 0 Å². The van der Waals surface area contributed by atoms with Crippen molar-refractivity contribution in [3.63, 3.8) is 0 Å². The zero-order valence-electron chi connectivity index (χ0n) is 29.6. The van der Waals surface area contributed by atoms with E-state index in [0.29, 0.717) is 17.8 Å². The molecule has 0 aliphatic carbocycles. The van der Waals surface area contributed by atoms with E-state index < -0.39 is 54.3 Å². The third-order valence-electron chi connectivity index (χ3n) is 8.44. The van der Waals surface area contributed by atoms with Crippen LogP contribution in [0.1, 0.15) is 52.5 Å². The second-order valence-corrected chi connectivity index (χ2v) is 12.6. The monoisotopic (exact) mass is 797 g/mol. The molecular formula is C36H37F6N5O9. The van der Waals surface area contributed by atoms with E-state index in [-0.39, 0.29) is 37.5 Å². The van der Waals surface area contributed by atoms with E-state index in [1.807, 2.05) is 62.4 Å². The van der Waals surface area contributed by atoms with Gasteiger partial charge in [0.15, 0.2) is 0 Å². The number of aliphatic carboxylic acids is 3. The molecule has 0 saturated heterocycles. The van der Waals surface area contributed by atoms with Crippen molar-refractivity contribution in [2.75, 3.05) is 0 Å². The summed E-state index contributed by atoms with van der Waals surface area (Å²) in [6.07, 6.45) is -9.67. The maximum atomic E-state index is 13.9. The first-order chi connectivity index (χ1) is 26.0. The van der Waals surface area contributed by atoms with E-state index in [0.717, 1.165) is 33.3 Å². The number of hydrogen-bond donors (Lipinski definition) is 7. The molecule has 56 heavy (non-hydrogen) atoms. The van der Waals surface area contributed by atoms with Gasteiger partial charge < -0.3 is 41.4 Å². The summed E-state index contributed by atoms with van der Waals surface area (Å²) in [6, 6.07) is 15.9. The molecule has 20 heteroatoms. The van der Waals surface area contributed by atoms with Crippen molar-refractivity contribution in [1.29, 1.82) is 0 Å². The number of carbonyl (C=O) groups is 5. The highest BCUT2D eigenvalue weighted by Crippen LogP contribution is 2.28. The molecule has 4 aromatic rings. The topological polar surface area (TPSA) is 236 Å². The molecule has 1 aliphatic heterocycles. The Bertz CT molecular complexity index is 1990. The van der Waals surface area contributed by atoms with Gasteiger partial charge in [-0.1, -0.05) is 36.4 Å². The molecule has 8 N–H and O–H groups in total. The molecule has 1 aromatic heterocycles. The summed E-state index contributed by atoms with van der Waals surface area (Å²) in [7, 11) is 0. The summed E-state index contributed by atoms with van der Waals surface area (Å²) in [5, 5.41) is 36.5. The van der Waals surface area contributed by atoms with Crippen LogP contribution in [0.5, 0.6) is 5.75 Å². The first kappa shape index (κ1) is 44.2. The number of alkyl halides is 6. The highest BCUT2D eigenvalue weighted by molar-refractivity contribution is 5.91. The third-order valence-corrected chi connectivity index (χ3v) is 8.44. The molecule has 14 nitrogen and oxygen atoms in total. The number of aromatic hydroxyl groups is 1. The Morgan fingerprint density at radius 1 is 0.893 bits per heavy atom. The Balaban J connectivity index is 0.000000512. The number of imidazole rings is 1. The number of amides is 2. The number of para-hydroxylation sites is 2. The number of aromatic amines is 1. The van der Waals surface area contributed by atoms with E-state index >= 15 is 0 Å². The lowest BCUT2D eigenvalue weighted by molar-refractivity contribution is -0.193. The summed E-state index contributed by atoms with van der Waals surface area (Å²) in [6.45, 7) is 3.95. The predicted molar refractivity (Wildman–Crippen MR) is 185 cm³/mol. The summed E-state index contributed by atoms with van der Waals surface area (Å²) < 4.78 is 63.5. The van der Waals surface area contributed by atoms with Gasteiger partial charge in [-0.05, 0) is 78.8 Å². The average molecular weight is 798 g/mol. The number of rotatable bonds is 9. The minimum Gasteiger partial charge on any atom is -0.508 e. The number of benzene rings is 3. The van der Waals surface area contributed by atoms with Crippen LogP contribution in [0, 0.1) is 13.8 Å². The van der Waals surface area contributed by atoms with Gasteiger partial charge in [-0.2, -0.15) is 26.3 Å². The van der Waals surface area contributed by atoms with Gasteiger partial charge in [-0.15, -0.1) is 0 Å². The van der Waals surface area contributed by atoms with Crippen molar-refractivity contribution in [1.82, 2.24) is 20.2 Å². The van der Waals surface area contributed by atoms with Crippen LogP contribution in [-0.2, 0) is 43.4 Å². The fraction of sp³-hybridized carbons (Fsp3) is 0.333. The van der Waals surface area contributed by atoms with Crippen LogP contribution in [0.3, 0.4) is 0 Å². The SMILES string of the molecule is Cc1cc(O)cc(C)c1C[C@H](N)C(=O)N1Cc2ccccc2C[C@H]1C(=O)N[C@@H](CCC(=O)O)c1nc2ccccc2[nH]1.O=C(O)C(F)(F)F.O=C(O)C(F)(F)F. The van der Waals surface area contributed by atoms with Crippen molar-refractivity contribution in [2.45, 2.75) is 76.6 Å². The molecule has 0 spiro atoms. The standard InChI is InChI=1S/C32H35N5O5.2C2HF3O2/c1-18-13-22(38)14-19(2)23(18)16-24(33)32(42)37-17-21-8-4-3-7-20(21)15-28(37)31(41)36-27(11-12-29(39)40)30-34-25-9-5-6-10-26(25)35-30;2*3-2(4,5)1(6)7/h3-10,13-14,24,27-28,38H,11-12,15-17,33H2,1-2H3,(H,34,35)(H,36,41)(H,39,40);2*(H,6,7)/t24-,27-,28-;;/m0../s1. The van der Waals surface area contributed by atoms with Crippen LogP contribution in [0.15, 0.2) is 60.7 Å². The second-order valence-electron chi connectivity index (χ2n) is 12.6. The number of hydrogen-bond acceptors (Lipinski definition) is 8. The van der Waals surface area contributed by atoms with Crippen molar-refractivity contribution in [3.8, 4) is 5.75 Å². The number of halogens is 6. The number of carbonyl (C=O) groups excluding carboxylic acids is 2. The number of aromatic nitrogens is 2. The summed E-state index contributed by atoms with van der Waals surface area (Å²) >= 11 is 0. The normalized spacial score (nSPS) is 14.9. The number of nitrogens with two attached hydrogens (primary N) is 1. The quantitative estimate of drug-likeness (QED) is 0.115. The Labute approximate surface area is 313 Å². The molecule has 2 heterocycles. The van der Waals surface area contributed by atoms with Gasteiger partial charge in [0, 0.05) is 19.4 Å². The van der Waals surface area contributed by atoms with Gasteiger partial charge in [-0.3, -0.25) is 14.4 Å². The van der Waals surface area contributed by atoms with Crippen molar-refractivity contribution in [3.05, 3.63) is 94.3 Å². The molecule has 5 rings (SSSR count). The number of aryl methyl sites for hydroxylation is 2. The van der Waals surface area contributed by atoms with Crippen molar-refractivity contribution >= 4 is 40.8 Å². The summed E-state index contributed by atoms with van der Waals surface area (Å²) in [4.78, 5) is 66.4. The van der Waals surface area contributed by atoms with Gasteiger partial charge in [0.25, 0.3) is 0 Å². The lowest BCUT2D eigenvalue weighted by atomic mass is 9.91. The number of H-pyrrole nitrogens is 1. The highest BCUT2D eigenvalue weighted by Gasteiger charge is 2.40. The fourth-order valence-corrected chi connectivity index (χ4v) is 5.75. The number of phenolic OH excluding ortho intramolecular Hbond substituents is 1. The lowest BCUT2D eigenvalue weighted by Crippen LogP contribution is -2.57. The van der Waals surface area contributed by atoms with Crippen LogP contribution in [0.2, 0.25) is 0 Å². The Morgan fingerprint density at radius 2 is 1.41 bits per heavy atom. The van der Waals surface area contributed by atoms with Crippen molar-refractivity contribution in [2.24, 2.45) is 5.73 Å². The summed E-state index contributed by atoms with van der Waals surface area (Å²) in [5.41, 5.74) is 12.4. The molecule has 0 unspecified atom stereocenters. The van der Waals surface area contributed by atoms with E-state index in [1.165, 1.54) is 4.90 Å². The fourth-order valence-electron chi connectivity index (χ4n) is 5.75. The van der Waals surface area contributed by atoms with Gasteiger partial charge in [0.2, 0.25) is 11.8 Å². The Morgan fingerprint density at radius 3 is 1.93 bits per heavy atom. The molecule has 3 atom stereocenters. The number of carboxylic acid groups (broad SMARTS) is 3. The van der Waals surface area contributed by atoms with Crippen LogP contribution < -0.4 is 11.1 Å². The molecule has 0 fully saturated rings. The van der Waals surface area contributed by atoms with Gasteiger partial charge >= 0.3 is 30.3 Å². The molecule has 0 radical (unpaired) electrons. The maximum absolute atomic E-state index is 13.9. The minimum atomic E-state index is -5.08. The summed E-state index contributed by atoms with van der Waals surface area (Å²) in [5.74, 6) is -6.66. The number of carboxylic acids is 3. The highest BCUT2D eigenvalue weighted by atomic mass is 19.4. The minimum absolute atomic E-state index is 0.122. The van der Waals surface area contributed by atoms with Gasteiger partial charge in [-0.25, -0.2) is 14.6 Å². The van der Waals surface area contributed by atoms with Gasteiger partial charge in [0.1, 0.15) is 17.6 Å². The van der Waals surface area contributed by atoms with Gasteiger partial charge in [0.05, 0.1) is 23.1 Å². The van der Waals surface area contributed by atoms with Crippen LogP contribution in [0.25, 0.3) is 11.0 Å². The van der Waals surface area contributed by atoms with E-state index in [4.69, 9.17) is 25.5 Å². The molecule has 0 bridgehead atoms. The zero-order chi connectivity index (χ0) is 42.1. The molecule has 302 valence electrons. The molecule has 3 aromatic carbocycles. The largest absolute Gasteiger partial charge is 0.508 e. The molecule has 2 amide bonds. The first-order valence-corrected chi connectivity index (χ1v) is 16.5. The number of phenols is 1. The Hall–Kier alpha value is -6.18. The predicted octanol–water partition coefficient (Wildman–Crippen LogP) is 4.70. The number of fused-ring (bicyclic) bond motifs is 2. The van der Waals surface area contributed by atoms with Crippen molar-refractivity contribution < 1.29 is 70.7 Å². The number of nitrogens with zero attached hydrogens (tertiary/aromatic N) is 2. The van der Waals surface area contributed by atoms with Crippen LogP contribution in [0.4, 0.5) is 26.3 Å². The number of nitrogens with one attached hydrogen (secondary N) is 2. The van der Waals surface area contributed by atoms with E-state index in [9.17, 15) is 50.9 Å². The molecule has 1 aliphatic rings. The smallest absolute Gasteiger partial charge is 0.490 e. The van der Waals surface area contributed by atoms with E-state index in [1.54, 1.807) is 12.1 Å². The molecular weight excluding hydrogens is 760 g/mol. The van der Waals surface area contributed by atoms with Crippen LogP contribution in [-0.4, -0.2) is 89.5 Å². The second kappa shape index (κ2) is 18.4.